The summed E-state index contributed by atoms with van der Waals surface area (Å²) in [6.07, 6.45) is 2.72. The normalized spacial score (nSPS) is 23.3. The Balaban J connectivity index is 2.35. The van der Waals surface area contributed by atoms with Gasteiger partial charge in [-0.1, -0.05) is 6.92 Å². The van der Waals surface area contributed by atoms with Gasteiger partial charge in [0.25, 0.3) is 5.91 Å². The summed E-state index contributed by atoms with van der Waals surface area (Å²) < 4.78 is 0. The van der Waals surface area contributed by atoms with Gasteiger partial charge in [-0.2, -0.15) is 0 Å². The summed E-state index contributed by atoms with van der Waals surface area (Å²) in [6.45, 7) is 2.14. The van der Waals surface area contributed by atoms with Crippen LogP contribution in [0.25, 0.3) is 0 Å². The zero-order chi connectivity index (χ0) is 13.3. The molecule has 0 aromatic carbocycles. The summed E-state index contributed by atoms with van der Waals surface area (Å²) in [5, 5.41) is 9.36. The van der Waals surface area contributed by atoms with Crippen LogP contribution in [0.15, 0.2) is 11.0 Å². The highest BCUT2D eigenvalue weighted by molar-refractivity contribution is 5.96. The number of carbonyl (C=O) groups excluding carboxylic acids is 1. The van der Waals surface area contributed by atoms with Gasteiger partial charge in [0.2, 0.25) is 0 Å². The Morgan fingerprint density at radius 1 is 1.56 bits per heavy atom. The lowest BCUT2D eigenvalue weighted by atomic mass is 9.93. The van der Waals surface area contributed by atoms with E-state index >= 15 is 0 Å². The molecule has 1 fully saturated rings. The monoisotopic (exact) mass is 253 g/mol. The first-order valence-corrected chi connectivity index (χ1v) is 5.84. The zero-order valence-corrected chi connectivity index (χ0v) is 10.0. The van der Waals surface area contributed by atoms with E-state index in [2.05, 4.69) is 9.97 Å². The van der Waals surface area contributed by atoms with Crippen LogP contribution in [0.2, 0.25) is 0 Å². The minimum absolute atomic E-state index is 0.0981. The number of carboxylic acid groups (broad SMARTS) is 1. The number of hydrogen-bond acceptors (Lipinski definition) is 3. The summed E-state index contributed by atoms with van der Waals surface area (Å²) in [4.78, 5) is 40.7. The predicted molar refractivity (Wildman–Crippen MR) is 62.3 cm³/mol. The molecule has 2 rings (SSSR count). The van der Waals surface area contributed by atoms with Crippen LogP contribution < -0.4 is 5.69 Å². The Labute approximate surface area is 103 Å². The highest BCUT2D eigenvalue weighted by Crippen LogP contribution is 2.33. The fourth-order valence-corrected chi connectivity index (χ4v) is 2.51. The number of carbonyl (C=O) groups is 2. The average molecular weight is 253 g/mol. The SMILES string of the molecule is CCC1(C(=O)O)CCCN1C(=O)c1c[nH]c(=O)[nH]1. The molecule has 1 saturated heterocycles. The fourth-order valence-electron chi connectivity index (χ4n) is 2.51. The van der Waals surface area contributed by atoms with E-state index < -0.39 is 23.1 Å². The number of aromatic amines is 2. The molecule has 0 spiro atoms. The molecule has 0 saturated carbocycles. The van der Waals surface area contributed by atoms with Gasteiger partial charge in [0.1, 0.15) is 11.2 Å². The van der Waals surface area contributed by atoms with E-state index in [0.717, 1.165) is 0 Å². The summed E-state index contributed by atoms with van der Waals surface area (Å²) in [7, 11) is 0. The third-order valence-electron chi connectivity index (χ3n) is 3.54. The molecular formula is C11H15N3O4. The topological polar surface area (TPSA) is 106 Å². The Hall–Kier alpha value is -2.05. The van der Waals surface area contributed by atoms with Crippen molar-refractivity contribution in [2.45, 2.75) is 31.7 Å². The lowest BCUT2D eigenvalue weighted by Crippen LogP contribution is -2.52. The summed E-state index contributed by atoms with van der Waals surface area (Å²) in [5.41, 5.74) is -1.53. The van der Waals surface area contributed by atoms with Crippen LogP contribution >= 0.6 is 0 Å². The number of amides is 1. The molecule has 1 amide bonds. The molecule has 1 atom stereocenters. The summed E-state index contributed by atoms with van der Waals surface area (Å²) in [6, 6.07) is 0. The molecule has 0 bridgehead atoms. The molecule has 1 aliphatic rings. The van der Waals surface area contributed by atoms with Gasteiger partial charge >= 0.3 is 11.7 Å². The molecule has 1 aliphatic heterocycles. The number of hydrogen-bond donors (Lipinski definition) is 3. The number of aliphatic carboxylic acids is 1. The van der Waals surface area contributed by atoms with Crippen LogP contribution in [0.5, 0.6) is 0 Å². The fraction of sp³-hybridized carbons (Fsp3) is 0.545. The van der Waals surface area contributed by atoms with Crippen molar-refractivity contribution in [3.63, 3.8) is 0 Å². The molecule has 1 aromatic heterocycles. The van der Waals surface area contributed by atoms with Crippen molar-refractivity contribution in [1.29, 1.82) is 0 Å². The first-order chi connectivity index (χ1) is 8.51. The first kappa shape index (κ1) is 12.4. The van der Waals surface area contributed by atoms with Crippen LogP contribution in [0.3, 0.4) is 0 Å². The van der Waals surface area contributed by atoms with Crippen molar-refractivity contribution in [3.8, 4) is 0 Å². The number of likely N-dealkylation sites (tertiary alicyclic amines) is 1. The van der Waals surface area contributed by atoms with Crippen molar-refractivity contribution >= 4 is 11.9 Å². The van der Waals surface area contributed by atoms with E-state index in [1.165, 1.54) is 11.1 Å². The minimum atomic E-state index is -1.15. The third kappa shape index (κ3) is 1.71. The number of carboxylic acids is 1. The molecule has 0 radical (unpaired) electrons. The minimum Gasteiger partial charge on any atom is -0.479 e. The van der Waals surface area contributed by atoms with Crippen LogP contribution in [0, 0.1) is 0 Å². The molecule has 1 unspecified atom stereocenters. The molecule has 2 heterocycles. The smallest absolute Gasteiger partial charge is 0.329 e. The number of nitrogens with one attached hydrogen (secondary N) is 2. The highest BCUT2D eigenvalue weighted by Gasteiger charge is 2.48. The zero-order valence-electron chi connectivity index (χ0n) is 10.0. The Kier molecular flexibility index (Phi) is 2.98. The maximum absolute atomic E-state index is 12.2. The lowest BCUT2D eigenvalue weighted by molar-refractivity contribution is -0.148. The van der Waals surface area contributed by atoms with Crippen LogP contribution in [0.4, 0.5) is 0 Å². The molecule has 7 nitrogen and oxygen atoms in total. The van der Waals surface area contributed by atoms with Gasteiger partial charge < -0.3 is 20.0 Å². The van der Waals surface area contributed by atoms with Crippen molar-refractivity contribution < 1.29 is 14.7 Å². The largest absolute Gasteiger partial charge is 0.479 e. The lowest BCUT2D eigenvalue weighted by Gasteiger charge is -2.33. The molecule has 18 heavy (non-hydrogen) atoms. The number of nitrogens with zero attached hydrogens (tertiary/aromatic N) is 1. The van der Waals surface area contributed by atoms with Gasteiger partial charge in [-0.25, -0.2) is 9.59 Å². The van der Waals surface area contributed by atoms with Crippen LogP contribution in [-0.2, 0) is 4.79 Å². The second kappa shape index (κ2) is 4.32. The van der Waals surface area contributed by atoms with Gasteiger partial charge in [-0.05, 0) is 19.3 Å². The van der Waals surface area contributed by atoms with E-state index in [0.29, 0.717) is 25.8 Å². The molecule has 0 aliphatic carbocycles. The Morgan fingerprint density at radius 2 is 2.28 bits per heavy atom. The van der Waals surface area contributed by atoms with Gasteiger partial charge in [-0.3, -0.25) is 4.79 Å². The number of imidazole rings is 1. The maximum Gasteiger partial charge on any atom is 0.329 e. The van der Waals surface area contributed by atoms with Crippen LogP contribution in [0.1, 0.15) is 36.7 Å². The molecule has 1 aromatic rings. The van der Waals surface area contributed by atoms with Crippen molar-refractivity contribution in [3.05, 3.63) is 22.4 Å². The number of H-pyrrole nitrogens is 2. The average Bonchev–Trinajstić information content (AvgIpc) is 2.94. The van der Waals surface area contributed by atoms with E-state index in [4.69, 9.17) is 0 Å². The van der Waals surface area contributed by atoms with Crippen molar-refractivity contribution in [2.24, 2.45) is 0 Å². The van der Waals surface area contributed by atoms with Gasteiger partial charge in [0.05, 0.1) is 0 Å². The summed E-state index contributed by atoms with van der Waals surface area (Å²) in [5.74, 6) is -1.44. The Bertz CT molecular complexity index is 532. The van der Waals surface area contributed by atoms with Crippen molar-refractivity contribution in [1.82, 2.24) is 14.9 Å². The van der Waals surface area contributed by atoms with E-state index in [9.17, 15) is 19.5 Å². The van der Waals surface area contributed by atoms with E-state index in [-0.39, 0.29) is 5.69 Å². The van der Waals surface area contributed by atoms with Gasteiger partial charge in [0, 0.05) is 12.7 Å². The van der Waals surface area contributed by atoms with E-state index in [1.54, 1.807) is 6.92 Å². The second-order valence-corrected chi connectivity index (χ2v) is 4.41. The van der Waals surface area contributed by atoms with Gasteiger partial charge in [0.15, 0.2) is 0 Å². The molecular weight excluding hydrogens is 238 g/mol. The Morgan fingerprint density at radius 3 is 2.78 bits per heavy atom. The number of aromatic nitrogens is 2. The quantitative estimate of drug-likeness (QED) is 0.714. The van der Waals surface area contributed by atoms with Gasteiger partial charge in [-0.15, -0.1) is 0 Å². The maximum atomic E-state index is 12.2. The van der Waals surface area contributed by atoms with Crippen molar-refractivity contribution in [2.75, 3.05) is 6.54 Å². The van der Waals surface area contributed by atoms with E-state index in [1.807, 2.05) is 0 Å². The third-order valence-corrected chi connectivity index (χ3v) is 3.54. The number of rotatable bonds is 3. The second-order valence-electron chi connectivity index (χ2n) is 4.41. The highest BCUT2D eigenvalue weighted by atomic mass is 16.4. The van der Waals surface area contributed by atoms with Crippen LogP contribution in [-0.4, -0.2) is 43.9 Å². The molecule has 7 heteroatoms. The first-order valence-electron chi connectivity index (χ1n) is 5.84. The summed E-state index contributed by atoms with van der Waals surface area (Å²) >= 11 is 0. The standard InChI is InChI=1S/C11H15N3O4/c1-2-11(9(16)17)4-3-5-14(11)8(15)7-6-12-10(18)13-7/h6H,2-5H2,1H3,(H,16,17)(H2,12,13,18). The molecule has 3 N–H and O–H groups in total. The predicted octanol–water partition coefficient (Wildman–Crippen LogP) is 0.172. The molecule has 98 valence electrons.